The van der Waals surface area contributed by atoms with Gasteiger partial charge in [0, 0.05) is 6.04 Å². The summed E-state index contributed by atoms with van der Waals surface area (Å²) in [6.45, 7) is 5.24. The molecule has 4 heteroatoms. The Balaban J connectivity index is 1.89. The summed E-state index contributed by atoms with van der Waals surface area (Å²) >= 11 is 0. The molecular formula is C15H32N4. The number of hydrogen-bond acceptors (Lipinski definition) is 4. The maximum atomic E-state index is 3.97. The van der Waals surface area contributed by atoms with E-state index >= 15 is 0 Å². The summed E-state index contributed by atoms with van der Waals surface area (Å²) in [5.41, 5.74) is 2.98. The van der Waals surface area contributed by atoms with Crippen molar-refractivity contribution in [2.24, 2.45) is 10.3 Å². The first-order valence-electron chi connectivity index (χ1n) is 8.27. The zero-order valence-corrected chi connectivity index (χ0v) is 12.9. The molecule has 4 nitrogen and oxygen atoms in total. The van der Waals surface area contributed by atoms with Gasteiger partial charge in [0.25, 0.3) is 0 Å². The van der Waals surface area contributed by atoms with Crippen LogP contribution in [-0.4, -0.2) is 17.7 Å². The molecule has 0 saturated carbocycles. The van der Waals surface area contributed by atoms with Crippen LogP contribution in [0.25, 0.3) is 0 Å². The van der Waals surface area contributed by atoms with Crippen LogP contribution in [0.4, 0.5) is 0 Å². The average Bonchev–Trinajstić information content (AvgIpc) is 2.95. The first-order valence-corrected chi connectivity index (χ1v) is 8.27. The molecule has 0 radical (unpaired) electrons. The average molecular weight is 268 g/mol. The summed E-state index contributed by atoms with van der Waals surface area (Å²) in [4.78, 5) is 0. The van der Waals surface area contributed by atoms with E-state index in [0.717, 1.165) is 6.67 Å². The molecule has 1 aliphatic heterocycles. The molecule has 0 saturated heterocycles. The Labute approximate surface area is 119 Å². The van der Waals surface area contributed by atoms with Crippen molar-refractivity contribution in [3.63, 3.8) is 0 Å². The molecule has 0 aromatic carbocycles. The zero-order chi connectivity index (χ0) is 13.8. The summed E-state index contributed by atoms with van der Waals surface area (Å²) in [5.74, 6) is 0. The minimum Gasteiger partial charge on any atom is -0.220 e. The third kappa shape index (κ3) is 7.51. The third-order valence-electron chi connectivity index (χ3n) is 4.01. The molecule has 1 atom stereocenters. The Morgan fingerprint density at radius 3 is 2.11 bits per heavy atom. The summed E-state index contributed by atoms with van der Waals surface area (Å²) in [7, 11) is 0. The van der Waals surface area contributed by atoms with E-state index in [1.54, 1.807) is 0 Å². The smallest absolute Gasteiger partial charge is 0.133 e. The normalized spacial score (nSPS) is 16.7. The van der Waals surface area contributed by atoms with Crippen LogP contribution < -0.4 is 5.53 Å². The monoisotopic (exact) mass is 268 g/mol. The summed E-state index contributed by atoms with van der Waals surface area (Å²) in [6, 6.07) is 0.597. The number of nitrogens with zero attached hydrogens (tertiary/aromatic N) is 3. The van der Waals surface area contributed by atoms with E-state index in [2.05, 4.69) is 34.7 Å². The van der Waals surface area contributed by atoms with Gasteiger partial charge in [-0.3, -0.25) is 0 Å². The first kappa shape index (κ1) is 16.4. The Kier molecular flexibility index (Phi) is 9.68. The van der Waals surface area contributed by atoms with Crippen LogP contribution in [0.2, 0.25) is 0 Å². The van der Waals surface area contributed by atoms with Gasteiger partial charge in [-0.2, -0.15) is 10.1 Å². The topological polar surface area (TPSA) is 40.0 Å². The van der Waals surface area contributed by atoms with Crippen molar-refractivity contribution in [2.75, 3.05) is 6.67 Å². The lowest BCUT2D eigenvalue weighted by Crippen LogP contribution is -2.39. The molecular weight excluding hydrogens is 236 g/mol. The SMILES string of the molecule is CCCCCCCCCCCC(CC)N1CN=NN1. The Bertz CT molecular complexity index is 222. The molecule has 0 spiro atoms. The van der Waals surface area contributed by atoms with Gasteiger partial charge in [-0.1, -0.05) is 76.9 Å². The van der Waals surface area contributed by atoms with Crippen LogP contribution in [-0.2, 0) is 0 Å². The van der Waals surface area contributed by atoms with Gasteiger partial charge in [-0.15, -0.1) is 0 Å². The molecule has 1 heterocycles. The second kappa shape index (κ2) is 11.2. The molecule has 0 fully saturated rings. The molecule has 0 bridgehead atoms. The Morgan fingerprint density at radius 1 is 0.947 bits per heavy atom. The van der Waals surface area contributed by atoms with Crippen LogP contribution in [0.5, 0.6) is 0 Å². The quantitative estimate of drug-likeness (QED) is 0.515. The van der Waals surface area contributed by atoms with Crippen LogP contribution >= 0.6 is 0 Å². The van der Waals surface area contributed by atoms with Crippen LogP contribution in [0.15, 0.2) is 10.3 Å². The van der Waals surface area contributed by atoms with Crippen molar-refractivity contribution in [1.29, 1.82) is 0 Å². The predicted molar refractivity (Wildman–Crippen MR) is 80.6 cm³/mol. The number of hydrazine groups is 1. The molecule has 19 heavy (non-hydrogen) atoms. The second-order valence-corrected chi connectivity index (χ2v) is 5.63. The lowest BCUT2D eigenvalue weighted by Gasteiger charge is -2.23. The lowest BCUT2D eigenvalue weighted by molar-refractivity contribution is 0.146. The van der Waals surface area contributed by atoms with Crippen LogP contribution in [0.1, 0.15) is 84.5 Å². The van der Waals surface area contributed by atoms with E-state index in [1.165, 1.54) is 70.6 Å². The van der Waals surface area contributed by atoms with E-state index in [4.69, 9.17) is 0 Å². The molecule has 0 amide bonds. The number of rotatable bonds is 12. The van der Waals surface area contributed by atoms with E-state index < -0.39 is 0 Å². The maximum Gasteiger partial charge on any atom is 0.133 e. The fraction of sp³-hybridized carbons (Fsp3) is 1.00. The number of nitrogens with one attached hydrogen (secondary N) is 1. The van der Waals surface area contributed by atoms with Gasteiger partial charge >= 0.3 is 0 Å². The van der Waals surface area contributed by atoms with Gasteiger partial charge in [-0.05, 0) is 12.8 Å². The van der Waals surface area contributed by atoms with Crippen molar-refractivity contribution < 1.29 is 0 Å². The van der Waals surface area contributed by atoms with E-state index in [9.17, 15) is 0 Å². The molecule has 0 aliphatic carbocycles. The third-order valence-corrected chi connectivity index (χ3v) is 4.01. The molecule has 1 unspecified atom stereocenters. The zero-order valence-electron chi connectivity index (χ0n) is 12.9. The van der Waals surface area contributed by atoms with Gasteiger partial charge in [0.15, 0.2) is 0 Å². The van der Waals surface area contributed by atoms with Crippen molar-refractivity contribution in [2.45, 2.75) is 90.5 Å². The molecule has 0 aromatic rings. The molecule has 1 N–H and O–H groups in total. The summed E-state index contributed by atoms with van der Waals surface area (Å²) in [5, 5.41) is 9.95. The van der Waals surface area contributed by atoms with E-state index in [0.29, 0.717) is 6.04 Å². The highest BCUT2D eigenvalue weighted by atomic mass is 15.8. The minimum absolute atomic E-state index is 0.597. The van der Waals surface area contributed by atoms with Crippen molar-refractivity contribution >= 4 is 0 Å². The van der Waals surface area contributed by atoms with Crippen molar-refractivity contribution in [1.82, 2.24) is 10.5 Å². The highest BCUT2D eigenvalue weighted by Crippen LogP contribution is 2.15. The Hall–Kier alpha value is -0.640. The maximum absolute atomic E-state index is 3.97. The van der Waals surface area contributed by atoms with Crippen molar-refractivity contribution in [3.05, 3.63) is 0 Å². The van der Waals surface area contributed by atoms with E-state index in [-0.39, 0.29) is 0 Å². The fourth-order valence-corrected chi connectivity index (χ4v) is 2.69. The highest BCUT2D eigenvalue weighted by Gasteiger charge is 2.18. The van der Waals surface area contributed by atoms with Crippen molar-refractivity contribution in [3.8, 4) is 0 Å². The first-order chi connectivity index (χ1) is 9.38. The van der Waals surface area contributed by atoms with Gasteiger partial charge in [-0.25, -0.2) is 5.53 Å². The van der Waals surface area contributed by atoms with Gasteiger partial charge in [0.2, 0.25) is 0 Å². The van der Waals surface area contributed by atoms with Crippen LogP contribution in [0.3, 0.4) is 0 Å². The molecule has 1 aliphatic rings. The highest BCUT2D eigenvalue weighted by molar-refractivity contribution is 4.67. The fourth-order valence-electron chi connectivity index (χ4n) is 2.69. The number of hydrogen-bond donors (Lipinski definition) is 1. The van der Waals surface area contributed by atoms with Crippen LogP contribution in [0, 0.1) is 0 Å². The Morgan fingerprint density at radius 2 is 1.58 bits per heavy atom. The van der Waals surface area contributed by atoms with E-state index in [1.807, 2.05) is 0 Å². The molecule has 112 valence electrons. The largest absolute Gasteiger partial charge is 0.220 e. The standard InChI is InChI=1S/C15H32N4/c1-3-5-6-7-8-9-10-11-12-13-15(4-2)19-14-16-17-18-19/h15H,3-14H2,1-2H3,(H,16,18). The van der Waals surface area contributed by atoms with Gasteiger partial charge in [0.05, 0.1) is 0 Å². The second-order valence-electron chi connectivity index (χ2n) is 5.63. The summed E-state index contributed by atoms with van der Waals surface area (Å²) < 4.78 is 0. The van der Waals surface area contributed by atoms with Gasteiger partial charge in [0.1, 0.15) is 6.67 Å². The predicted octanol–water partition coefficient (Wildman–Crippen LogP) is 4.83. The number of unbranched alkanes of at least 4 members (excludes halogenated alkanes) is 8. The minimum atomic E-state index is 0.597. The molecule has 1 rings (SSSR count). The summed E-state index contributed by atoms with van der Waals surface area (Å²) in [6.07, 6.45) is 15.1. The molecule has 0 aromatic heterocycles. The lowest BCUT2D eigenvalue weighted by atomic mass is 10.0. The van der Waals surface area contributed by atoms with Gasteiger partial charge < -0.3 is 0 Å².